The molecule has 6 nitrogen and oxygen atoms in total. The minimum absolute atomic E-state index is 0.00181. The molecule has 5 aromatic rings. The SMILES string of the molecule is O=C(Nc1cc(C(F)(F)F)cc(C(F)(F)F)c1)c1ccccc1.O=C(Nc1ccc(C(F)(F)F)c(C(F)(F)F)c1)c1ccccc1NCc1ccncc1. The third-order valence-corrected chi connectivity index (χ3v) is 7.17. The maximum absolute atomic E-state index is 13.1. The van der Waals surface area contributed by atoms with Crippen LogP contribution in [-0.4, -0.2) is 16.8 Å². The first kappa shape index (κ1) is 40.7. The molecular weight excluding hydrogens is 748 g/mol. The zero-order valence-electron chi connectivity index (χ0n) is 27.0. The van der Waals surface area contributed by atoms with E-state index in [0.29, 0.717) is 30.4 Å². The van der Waals surface area contributed by atoms with E-state index in [-0.39, 0.29) is 23.3 Å². The minimum Gasteiger partial charge on any atom is -0.380 e. The van der Waals surface area contributed by atoms with E-state index in [9.17, 15) is 62.3 Å². The van der Waals surface area contributed by atoms with Crippen molar-refractivity contribution >= 4 is 28.9 Å². The van der Waals surface area contributed by atoms with Crippen LogP contribution >= 0.6 is 0 Å². The number of benzene rings is 4. The van der Waals surface area contributed by atoms with Gasteiger partial charge in [0.1, 0.15) is 0 Å². The molecule has 0 aliphatic heterocycles. The zero-order valence-corrected chi connectivity index (χ0v) is 27.0. The van der Waals surface area contributed by atoms with Crippen molar-refractivity contribution in [2.24, 2.45) is 0 Å². The van der Waals surface area contributed by atoms with Gasteiger partial charge >= 0.3 is 24.7 Å². The molecule has 0 saturated heterocycles. The van der Waals surface area contributed by atoms with Gasteiger partial charge in [-0.05, 0) is 78.4 Å². The number of para-hydroxylation sites is 1. The molecule has 0 aliphatic carbocycles. The number of alkyl halides is 12. The average Bonchev–Trinajstić information content (AvgIpc) is 3.10. The van der Waals surface area contributed by atoms with E-state index in [4.69, 9.17) is 0 Å². The molecule has 3 N–H and O–H groups in total. The number of nitrogens with zero attached hydrogens (tertiary/aromatic N) is 1. The van der Waals surface area contributed by atoms with Crippen LogP contribution in [0.15, 0.2) is 116 Å². The van der Waals surface area contributed by atoms with Gasteiger partial charge in [-0.25, -0.2) is 0 Å². The number of amides is 2. The summed E-state index contributed by atoms with van der Waals surface area (Å²) in [6, 6.07) is 19.4. The Bertz CT molecular complexity index is 2030. The van der Waals surface area contributed by atoms with E-state index < -0.39 is 70.1 Å². The van der Waals surface area contributed by atoms with Crippen molar-refractivity contribution in [2.75, 3.05) is 16.0 Å². The number of rotatable bonds is 7. The maximum Gasteiger partial charge on any atom is 0.417 e. The molecule has 0 fully saturated rings. The van der Waals surface area contributed by atoms with E-state index >= 15 is 0 Å². The smallest absolute Gasteiger partial charge is 0.380 e. The van der Waals surface area contributed by atoms with E-state index in [1.807, 2.05) is 5.32 Å². The number of anilines is 3. The van der Waals surface area contributed by atoms with Crippen molar-refractivity contribution in [3.05, 3.63) is 154 Å². The van der Waals surface area contributed by atoms with Gasteiger partial charge in [-0.2, -0.15) is 52.7 Å². The monoisotopic (exact) mass is 772 g/mol. The molecule has 0 spiro atoms. The lowest BCUT2D eigenvalue weighted by atomic mass is 10.0. The van der Waals surface area contributed by atoms with Crippen LogP contribution in [0, 0.1) is 0 Å². The van der Waals surface area contributed by atoms with Crippen molar-refractivity contribution in [1.29, 1.82) is 0 Å². The van der Waals surface area contributed by atoms with Crippen molar-refractivity contribution in [3.8, 4) is 0 Å². The highest BCUT2D eigenvalue weighted by Gasteiger charge is 2.43. The van der Waals surface area contributed by atoms with Crippen LogP contribution in [0.5, 0.6) is 0 Å². The van der Waals surface area contributed by atoms with E-state index in [0.717, 1.165) is 11.6 Å². The Hall–Kier alpha value is -6.07. The Balaban J connectivity index is 0.000000252. The Kier molecular flexibility index (Phi) is 12.3. The topological polar surface area (TPSA) is 83.1 Å². The lowest BCUT2D eigenvalue weighted by molar-refractivity contribution is -0.162. The maximum atomic E-state index is 13.1. The Morgan fingerprint density at radius 2 is 1.06 bits per heavy atom. The van der Waals surface area contributed by atoms with Crippen LogP contribution in [-0.2, 0) is 31.2 Å². The van der Waals surface area contributed by atoms with Crippen LogP contribution < -0.4 is 16.0 Å². The fraction of sp³-hybridized carbons (Fsp3) is 0.139. The molecule has 5 rings (SSSR count). The highest BCUT2D eigenvalue weighted by Crippen LogP contribution is 2.42. The van der Waals surface area contributed by atoms with Crippen molar-refractivity contribution in [1.82, 2.24) is 4.98 Å². The fourth-order valence-electron chi connectivity index (χ4n) is 4.66. The molecule has 0 bridgehead atoms. The number of hydrogen-bond donors (Lipinski definition) is 3. The van der Waals surface area contributed by atoms with Crippen LogP contribution in [0.25, 0.3) is 0 Å². The summed E-state index contributed by atoms with van der Waals surface area (Å²) >= 11 is 0. The van der Waals surface area contributed by atoms with Crippen molar-refractivity contribution < 1.29 is 62.3 Å². The lowest BCUT2D eigenvalue weighted by Gasteiger charge is -2.17. The van der Waals surface area contributed by atoms with Crippen molar-refractivity contribution in [3.63, 3.8) is 0 Å². The second kappa shape index (κ2) is 16.3. The third kappa shape index (κ3) is 11.2. The van der Waals surface area contributed by atoms with Gasteiger partial charge in [-0.1, -0.05) is 30.3 Å². The fourth-order valence-corrected chi connectivity index (χ4v) is 4.66. The van der Waals surface area contributed by atoms with E-state index in [2.05, 4.69) is 15.6 Å². The molecule has 54 heavy (non-hydrogen) atoms. The number of hydrogen-bond acceptors (Lipinski definition) is 4. The largest absolute Gasteiger partial charge is 0.417 e. The van der Waals surface area contributed by atoms with Gasteiger partial charge in [-0.15, -0.1) is 0 Å². The molecule has 0 radical (unpaired) electrons. The van der Waals surface area contributed by atoms with Crippen LogP contribution in [0.1, 0.15) is 48.5 Å². The first-order valence-electron chi connectivity index (χ1n) is 15.1. The highest BCUT2D eigenvalue weighted by atomic mass is 19.4. The van der Waals surface area contributed by atoms with Gasteiger partial charge in [-0.3, -0.25) is 14.6 Å². The molecule has 4 aromatic carbocycles. The number of nitrogens with one attached hydrogen (secondary N) is 3. The molecule has 18 heteroatoms. The molecular formula is C36H24F12N4O2. The predicted molar refractivity (Wildman–Crippen MR) is 173 cm³/mol. The summed E-state index contributed by atoms with van der Waals surface area (Å²) in [5, 5.41) is 7.32. The summed E-state index contributed by atoms with van der Waals surface area (Å²) in [6.07, 6.45) is -17.2. The zero-order chi connectivity index (χ0) is 39.9. The number of halogens is 12. The van der Waals surface area contributed by atoms with Gasteiger partial charge in [0.25, 0.3) is 11.8 Å². The molecule has 1 heterocycles. The summed E-state index contributed by atoms with van der Waals surface area (Å²) in [5.74, 6) is -1.58. The average molecular weight is 773 g/mol. The quantitative estimate of drug-likeness (QED) is 0.144. The Morgan fingerprint density at radius 1 is 0.519 bits per heavy atom. The first-order chi connectivity index (χ1) is 25.1. The van der Waals surface area contributed by atoms with Gasteiger partial charge < -0.3 is 16.0 Å². The second-order valence-electron chi connectivity index (χ2n) is 11.1. The summed E-state index contributed by atoms with van der Waals surface area (Å²) in [4.78, 5) is 28.4. The molecule has 0 aliphatic rings. The van der Waals surface area contributed by atoms with Gasteiger partial charge in [0.2, 0.25) is 0 Å². The highest BCUT2D eigenvalue weighted by molar-refractivity contribution is 6.08. The molecule has 0 saturated carbocycles. The molecule has 0 unspecified atom stereocenters. The van der Waals surface area contributed by atoms with Crippen LogP contribution in [0.3, 0.4) is 0 Å². The van der Waals surface area contributed by atoms with Gasteiger partial charge in [0.15, 0.2) is 0 Å². The van der Waals surface area contributed by atoms with Crippen LogP contribution in [0.2, 0.25) is 0 Å². The summed E-state index contributed by atoms with van der Waals surface area (Å²) in [7, 11) is 0. The Labute approximate surface area is 297 Å². The summed E-state index contributed by atoms with van der Waals surface area (Å²) in [5.41, 5.74) is -6.16. The number of pyridine rings is 1. The Morgan fingerprint density at radius 3 is 1.61 bits per heavy atom. The van der Waals surface area contributed by atoms with Gasteiger partial charge in [0, 0.05) is 41.6 Å². The molecule has 284 valence electrons. The third-order valence-electron chi connectivity index (χ3n) is 7.17. The standard InChI is InChI=1S/C21H15F6N3O.C15H9F6NO/c22-20(23,24)16-6-5-14(11-17(16)21(25,26)27)30-19(31)15-3-1-2-4-18(15)29-12-13-7-9-28-10-8-13;16-14(17,18)10-6-11(15(19,20)21)8-12(7-10)22-13(23)9-4-2-1-3-5-9/h1-11,29H,12H2,(H,30,31);1-8H,(H,22,23). The lowest BCUT2D eigenvalue weighted by Crippen LogP contribution is -2.19. The minimum atomic E-state index is -5.24. The normalized spacial score (nSPS) is 11.9. The van der Waals surface area contributed by atoms with E-state index in [1.165, 1.54) is 30.3 Å². The van der Waals surface area contributed by atoms with E-state index in [1.54, 1.807) is 48.8 Å². The van der Waals surface area contributed by atoms with Crippen LogP contribution in [0.4, 0.5) is 69.7 Å². The number of carbonyl (C=O) groups is 2. The first-order valence-corrected chi connectivity index (χ1v) is 15.1. The molecule has 0 atom stereocenters. The summed E-state index contributed by atoms with van der Waals surface area (Å²) < 4.78 is 154. The second-order valence-corrected chi connectivity index (χ2v) is 11.1. The predicted octanol–water partition coefficient (Wildman–Crippen LogP) is 11.0. The van der Waals surface area contributed by atoms with Gasteiger partial charge in [0.05, 0.1) is 27.8 Å². The number of carbonyl (C=O) groups excluding carboxylic acids is 2. The summed E-state index contributed by atoms with van der Waals surface area (Å²) in [6.45, 7) is 0.352. The molecule has 1 aromatic heterocycles. The molecule has 2 amide bonds. The van der Waals surface area contributed by atoms with Crippen molar-refractivity contribution in [2.45, 2.75) is 31.2 Å². The number of aromatic nitrogens is 1.